The highest BCUT2D eigenvalue weighted by molar-refractivity contribution is 5.99. The number of likely N-dealkylation sites (tertiary alicyclic amines) is 1. The Hall–Kier alpha value is -3.95. The van der Waals surface area contributed by atoms with Crippen LogP contribution in [0.1, 0.15) is 29.8 Å². The number of hydrogen-bond donors (Lipinski definition) is 1. The zero-order valence-electron chi connectivity index (χ0n) is 19.0. The quantitative estimate of drug-likeness (QED) is 0.454. The van der Waals surface area contributed by atoms with Gasteiger partial charge in [-0.05, 0) is 37.0 Å². The van der Waals surface area contributed by atoms with Crippen molar-refractivity contribution in [3.8, 4) is 11.1 Å². The highest BCUT2D eigenvalue weighted by Gasteiger charge is 2.31. The van der Waals surface area contributed by atoms with Gasteiger partial charge in [0.15, 0.2) is 11.6 Å². The van der Waals surface area contributed by atoms with Crippen LogP contribution in [0.2, 0.25) is 0 Å². The fraction of sp³-hybridized carbons (Fsp3) is 0.280. The third kappa shape index (κ3) is 4.55. The summed E-state index contributed by atoms with van der Waals surface area (Å²) in [5.41, 5.74) is 2.29. The minimum Gasteiger partial charge on any atom is -0.367 e. The van der Waals surface area contributed by atoms with Crippen LogP contribution in [0.3, 0.4) is 0 Å². The van der Waals surface area contributed by atoms with Crippen molar-refractivity contribution < 1.29 is 18.0 Å². The molecule has 1 amide bonds. The largest absolute Gasteiger partial charge is 0.367 e. The molecule has 1 saturated heterocycles. The minimum absolute atomic E-state index is 0.116. The molecule has 2 aromatic heterocycles. The van der Waals surface area contributed by atoms with Crippen LogP contribution in [-0.4, -0.2) is 49.7 Å². The van der Waals surface area contributed by atoms with Gasteiger partial charge >= 0.3 is 0 Å². The number of carbonyl (C=O) groups excluding carboxylic acids is 1. The summed E-state index contributed by atoms with van der Waals surface area (Å²) in [5.74, 6) is -2.05. The van der Waals surface area contributed by atoms with Crippen LogP contribution in [0.15, 0.2) is 48.8 Å². The molecule has 0 radical (unpaired) electrons. The first kappa shape index (κ1) is 22.8. The third-order valence-corrected chi connectivity index (χ3v) is 6.29. The number of rotatable bonds is 5. The maximum absolute atomic E-state index is 13.7. The van der Waals surface area contributed by atoms with E-state index in [2.05, 4.69) is 20.4 Å². The van der Waals surface area contributed by atoms with Gasteiger partial charge in [0.1, 0.15) is 17.3 Å². The van der Waals surface area contributed by atoms with E-state index in [1.54, 1.807) is 30.1 Å². The lowest BCUT2D eigenvalue weighted by Crippen LogP contribution is -2.47. The van der Waals surface area contributed by atoms with Gasteiger partial charge in [0.25, 0.3) is 5.91 Å². The molecular weight excluding hydrogens is 457 g/mol. The molecule has 5 rings (SSSR count). The SMILES string of the molecule is Cn1ncc(-c2ccc(F)cc2)c1C(=O)N1CCCCC1CNc1cnc2cc(F)c(F)cc2n1. The lowest BCUT2D eigenvalue weighted by Gasteiger charge is -2.36. The number of nitrogens with zero attached hydrogens (tertiary/aromatic N) is 5. The van der Waals surface area contributed by atoms with Gasteiger partial charge in [-0.3, -0.25) is 14.5 Å². The summed E-state index contributed by atoms with van der Waals surface area (Å²) >= 11 is 0. The summed E-state index contributed by atoms with van der Waals surface area (Å²) in [7, 11) is 1.71. The molecule has 1 fully saturated rings. The first-order chi connectivity index (χ1) is 16.9. The summed E-state index contributed by atoms with van der Waals surface area (Å²) in [6, 6.07) is 7.88. The van der Waals surface area contributed by atoms with Crippen molar-refractivity contribution >= 4 is 22.8 Å². The smallest absolute Gasteiger partial charge is 0.273 e. The van der Waals surface area contributed by atoms with E-state index in [0.29, 0.717) is 35.7 Å². The van der Waals surface area contributed by atoms with Gasteiger partial charge in [0.05, 0.1) is 23.4 Å². The zero-order valence-corrected chi connectivity index (χ0v) is 19.0. The van der Waals surface area contributed by atoms with E-state index < -0.39 is 11.6 Å². The van der Waals surface area contributed by atoms with E-state index in [4.69, 9.17) is 0 Å². The molecule has 180 valence electrons. The first-order valence-corrected chi connectivity index (χ1v) is 11.4. The minimum atomic E-state index is -0.985. The van der Waals surface area contributed by atoms with Gasteiger partial charge in [0, 0.05) is 43.9 Å². The van der Waals surface area contributed by atoms with Crippen LogP contribution in [-0.2, 0) is 7.05 Å². The lowest BCUT2D eigenvalue weighted by atomic mass is 10.00. The highest BCUT2D eigenvalue weighted by atomic mass is 19.2. The standard InChI is InChI=1S/C25H23F3N6O/c1-33-24(18(13-31-33)15-5-7-16(26)8-6-15)25(35)34-9-3-2-4-17(34)12-30-23-14-29-21-10-19(27)20(28)11-22(21)32-23/h5-8,10-11,13-14,17H,2-4,9,12H2,1H3,(H,30,32). The van der Waals surface area contributed by atoms with Gasteiger partial charge in [-0.25, -0.2) is 18.2 Å². The van der Waals surface area contributed by atoms with Crippen LogP contribution in [0, 0.1) is 17.5 Å². The summed E-state index contributed by atoms with van der Waals surface area (Å²) < 4.78 is 42.0. The predicted octanol–water partition coefficient (Wildman–Crippen LogP) is 4.55. The monoisotopic (exact) mass is 480 g/mol. The van der Waals surface area contributed by atoms with Crippen molar-refractivity contribution in [1.82, 2.24) is 24.6 Å². The lowest BCUT2D eigenvalue weighted by molar-refractivity contribution is 0.0617. The number of carbonyl (C=O) groups is 1. The number of piperidine rings is 1. The van der Waals surface area contributed by atoms with Crippen LogP contribution in [0.4, 0.5) is 19.0 Å². The van der Waals surface area contributed by atoms with E-state index in [9.17, 15) is 18.0 Å². The number of aromatic nitrogens is 4. The highest BCUT2D eigenvalue weighted by Crippen LogP contribution is 2.27. The van der Waals surface area contributed by atoms with Gasteiger partial charge in [-0.1, -0.05) is 12.1 Å². The van der Waals surface area contributed by atoms with Crippen molar-refractivity contribution in [2.45, 2.75) is 25.3 Å². The second kappa shape index (κ2) is 9.36. The predicted molar refractivity (Wildman–Crippen MR) is 125 cm³/mol. The topological polar surface area (TPSA) is 75.9 Å². The van der Waals surface area contributed by atoms with Crippen LogP contribution in [0.25, 0.3) is 22.2 Å². The van der Waals surface area contributed by atoms with Crippen molar-refractivity contribution in [1.29, 1.82) is 0 Å². The summed E-state index contributed by atoms with van der Waals surface area (Å²) in [5, 5.41) is 7.47. The molecule has 1 aliphatic rings. The summed E-state index contributed by atoms with van der Waals surface area (Å²) in [4.78, 5) is 24.0. The zero-order chi connectivity index (χ0) is 24.5. The molecule has 4 aromatic rings. The Morgan fingerprint density at radius 1 is 1.06 bits per heavy atom. The molecule has 1 atom stereocenters. The van der Waals surface area contributed by atoms with Crippen LogP contribution >= 0.6 is 0 Å². The van der Waals surface area contributed by atoms with Crippen molar-refractivity contribution in [3.63, 3.8) is 0 Å². The van der Waals surface area contributed by atoms with E-state index in [0.717, 1.165) is 31.4 Å². The molecule has 2 aromatic carbocycles. The Morgan fingerprint density at radius 3 is 2.57 bits per heavy atom. The number of fused-ring (bicyclic) bond motifs is 1. The van der Waals surface area contributed by atoms with Gasteiger partial charge in [0.2, 0.25) is 0 Å². The average molecular weight is 480 g/mol. The first-order valence-electron chi connectivity index (χ1n) is 11.4. The second-order valence-corrected chi connectivity index (χ2v) is 8.58. The molecule has 1 unspecified atom stereocenters. The maximum Gasteiger partial charge on any atom is 0.273 e. The molecule has 7 nitrogen and oxygen atoms in total. The van der Waals surface area contributed by atoms with Crippen molar-refractivity contribution in [3.05, 3.63) is 71.9 Å². The molecule has 0 saturated carbocycles. The number of aryl methyl sites for hydroxylation is 1. The number of anilines is 1. The number of amides is 1. The Bertz CT molecular complexity index is 1390. The molecule has 0 aliphatic carbocycles. The van der Waals surface area contributed by atoms with E-state index >= 15 is 0 Å². The Kier molecular flexibility index (Phi) is 6.10. The fourth-order valence-electron chi connectivity index (χ4n) is 4.46. The molecular formula is C25H23F3N6O. The molecule has 1 aliphatic heterocycles. The average Bonchev–Trinajstić information content (AvgIpc) is 3.25. The molecule has 3 heterocycles. The normalized spacial score (nSPS) is 16.0. The van der Waals surface area contributed by atoms with E-state index in [1.165, 1.54) is 18.3 Å². The molecule has 0 spiro atoms. The Balaban J connectivity index is 1.36. The number of nitrogens with one attached hydrogen (secondary N) is 1. The molecule has 10 heteroatoms. The van der Waals surface area contributed by atoms with Gasteiger partial charge < -0.3 is 10.2 Å². The van der Waals surface area contributed by atoms with Crippen LogP contribution < -0.4 is 5.32 Å². The number of halogens is 3. The van der Waals surface area contributed by atoms with E-state index in [1.807, 2.05) is 4.90 Å². The Morgan fingerprint density at radius 2 is 1.80 bits per heavy atom. The number of hydrogen-bond acceptors (Lipinski definition) is 5. The number of benzene rings is 2. The van der Waals surface area contributed by atoms with E-state index in [-0.39, 0.29) is 28.8 Å². The molecule has 35 heavy (non-hydrogen) atoms. The summed E-state index contributed by atoms with van der Waals surface area (Å²) in [6.07, 6.45) is 5.73. The third-order valence-electron chi connectivity index (χ3n) is 6.29. The fourth-order valence-corrected chi connectivity index (χ4v) is 4.46. The summed E-state index contributed by atoms with van der Waals surface area (Å²) in [6.45, 7) is 1.01. The van der Waals surface area contributed by atoms with Crippen molar-refractivity contribution in [2.24, 2.45) is 7.05 Å². The molecule has 0 bridgehead atoms. The molecule has 1 N–H and O–H groups in total. The Labute approximate surface area is 199 Å². The second-order valence-electron chi connectivity index (χ2n) is 8.58. The van der Waals surface area contributed by atoms with Crippen LogP contribution in [0.5, 0.6) is 0 Å². The van der Waals surface area contributed by atoms with Gasteiger partial charge in [-0.2, -0.15) is 5.10 Å². The maximum atomic E-state index is 13.7. The van der Waals surface area contributed by atoms with Gasteiger partial charge in [-0.15, -0.1) is 0 Å². The van der Waals surface area contributed by atoms with Crippen molar-refractivity contribution in [2.75, 3.05) is 18.4 Å².